The molecule has 2 N–H and O–H groups in total. The fraction of sp³-hybridized carbons (Fsp3) is 0.0588. The first-order chi connectivity index (χ1) is 13.0. The first kappa shape index (κ1) is 18.0. The summed E-state index contributed by atoms with van der Waals surface area (Å²) in [6, 6.07) is 9.74. The molecule has 0 bridgehead atoms. The van der Waals surface area contributed by atoms with Gasteiger partial charge in [-0.15, -0.1) is 0 Å². The molecule has 10 heteroatoms. The smallest absolute Gasteiger partial charge is 0.353 e. The monoisotopic (exact) mass is 373 g/mol. The number of hydrogen-bond acceptors (Lipinski definition) is 7. The van der Waals surface area contributed by atoms with Gasteiger partial charge in [0.2, 0.25) is 11.6 Å². The topological polar surface area (TPSA) is 102 Å². The van der Waals surface area contributed by atoms with Crippen LogP contribution >= 0.6 is 0 Å². The summed E-state index contributed by atoms with van der Waals surface area (Å²) in [5.74, 6) is -1.82. The zero-order valence-electron chi connectivity index (χ0n) is 13.9. The molecular formula is C17H13F2N5O3. The number of halogens is 2. The lowest BCUT2D eigenvalue weighted by Crippen LogP contribution is -2.05. The Bertz CT molecular complexity index is 1000. The van der Waals surface area contributed by atoms with E-state index in [9.17, 15) is 18.9 Å². The summed E-state index contributed by atoms with van der Waals surface area (Å²) >= 11 is 0. The second kappa shape index (κ2) is 7.60. The minimum absolute atomic E-state index is 0.0756. The Hall–Kier alpha value is -3.82. The van der Waals surface area contributed by atoms with Crippen LogP contribution in [0.1, 0.15) is 0 Å². The number of benzene rings is 2. The van der Waals surface area contributed by atoms with Gasteiger partial charge in [0, 0.05) is 23.5 Å². The maximum absolute atomic E-state index is 13.4. The second-order valence-electron chi connectivity index (χ2n) is 5.29. The maximum atomic E-state index is 13.4. The summed E-state index contributed by atoms with van der Waals surface area (Å²) in [6.07, 6.45) is 1.11. The normalized spacial score (nSPS) is 10.3. The maximum Gasteiger partial charge on any atom is 0.353 e. The number of anilines is 4. The molecule has 0 fully saturated rings. The van der Waals surface area contributed by atoms with Gasteiger partial charge in [0.1, 0.15) is 12.1 Å². The van der Waals surface area contributed by atoms with Gasteiger partial charge in [0.25, 0.3) is 0 Å². The molecule has 0 aliphatic rings. The van der Waals surface area contributed by atoms with Gasteiger partial charge in [-0.05, 0) is 24.3 Å². The lowest BCUT2D eigenvalue weighted by atomic mass is 10.2. The molecule has 2 aromatic carbocycles. The summed E-state index contributed by atoms with van der Waals surface area (Å²) in [5.41, 5.74) is 0.156. The van der Waals surface area contributed by atoms with E-state index >= 15 is 0 Å². The van der Waals surface area contributed by atoms with Crippen molar-refractivity contribution >= 4 is 28.7 Å². The predicted molar refractivity (Wildman–Crippen MR) is 94.6 cm³/mol. The minimum Gasteiger partial charge on any atom is -0.497 e. The number of methoxy groups -OCH3 is 1. The van der Waals surface area contributed by atoms with Gasteiger partial charge in [0.15, 0.2) is 11.6 Å². The number of hydrogen-bond donors (Lipinski definition) is 2. The van der Waals surface area contributed by atoms with E-state index in [4.69, 9.17) is 4.74 Å². The summed E-state index contributed by atoms with van der Waals surface area (Å²) in [4.78, 5) is 18.6. The number of nitrogens with one attached hydrogen (secondary N) is 2. The Morgan fingerprint density at radius 2 is 1.67 bits per heavy atom. The molecule has 0 aliphatic carbocycles. The highest BCUT2D eigenvalue weighted by atomic mass is 19.2. The van der Waals surface area contributed by atoms with E-state index in [0.29, 0.717) is 11.4 Å². The van der Waals surface area contributed by atoms with Gasteiger partial charge in [-0.1, -0.05) is 6.07 Å². The molecule has 1 aromatic heterocycles. The summed E-state index contributed by atoms with van der Waals surface area (Å²) in [6.45, 7) is 0. The molecule has 0 spiro atoms. The third-order valence-corrected chi connectivity index (χ3v) is 3.52. The number of nitro groups is 1. The quantitative estimate of drug-likeness (QED) is 0.494. The van der Waals surface area contributed by atoms with Crippen molar-refractivity contribution in [1.29, 1.82) is 0 Å². The molecule has 0 unspecified atom stereocenters. The Kier molecular flexibility index (Phi) is 5.06. The van der Waals surface area contributed by atoms with Crippen molar-refractivity contribution < 1.29 is 18.4 Å². The zero-order chi connectivity index (χ0) is 19.4. The van der Waals surface area contributed by atoms with Crippen LogP contribution in [0.2, 0.25) is 0 Å². The summed E-state index contributed by atoms with van der Waals surface area (Å²) < 4.78 is 31.5. The zero-order valence-corrected chi connectivity index (χ0v) is 13.9. The Labute approximate surface area is 152 Å². The highest BCUT2D eigenvalue weighted by molar-refractivity contribution is 5.76. The van der Waals surface area contributed by atoms with E-state index in [1.54, 1.807) is 24.3 Å². The summed E-state index contributed by atoms with van der Waals surface area (Å²) in [5, 5.41) is 17.0. The predicted octanol–water partition coefficient (Wildman–Crippen LogP) is 4.16. The molecule has 1 heterocycles. The van der Waals surface area contributed by atoms with Gasteiger partial charge in [0.05, 0.1) is 12.0 Å². The average Bonchev–Trinajstić information content (AvgIpc) is 2.65. The summed E-state index contributed by atoms with van der Waals surface area (Å²) in [7, 11) is 1.50. The molecule has 3 aromatic rings. The van der Waals surface area contributed by atoms with E-state index < -0.39 is 22.2 Å². The third kappa shape index (κ3) is 4.06. The molecule has 138 valence electrons. The second-order valence-corrected chi connectivity index (χ2v) is 5.29. The Morgan fingerprint density at radius 3 is 2.26 bits per heavy atom. The van der Waals surface area contributed by atoms with E-state index in [0.717, 1.165) is 18.5 Å². The minimum atomic E-state index is -1.09. The van der Waals surface area contributed by atoms with E-state index in [1.165, 1.54) is 13.2 Å². The van der Waals surface area contributed by atoms with Gasteiger partial charge < -0.3 is 15.4 Å². The van der Waals surface area contributed by atoms with Gasteiger partial charge in [-0.3, -0.25) is 10.1 Å². The number of rotatable bonds is 6. The lowest BCUT2D eigenvalue weighted by Gasteiger charge is -2.11. The van der Waals surface area contributed by atoms with Gasteiger partial charge in [-0.2, -0.15) is 0 Å². The molecule has 0 atom stereocenters. The molecule has 3 rings (SSSR count). The third-order valence-electron chi connectivity index (χ3n) is 3.52. The van der Waals surface area contributed by atoms with Crippen molar-refractivity contribution in [3.05, 3.63) is 70.5 Å². The Balaban J connectivity index is 1.96. The molecule has 0 radical (unpaired) electrons. The molecule has 0 amide bonds. The van der Waals surface area contributed by atoms with Crippen molar-refractivity contribution in [2.24, 2.45) is 0 Å². The molecule has 0 saturated carbocycles. The molecule has 0 saturated heterocycles. The van der Waals surface area contributed by atoms with Crippen molar-refractivity contribution in [2.75, 3.05) is 17.7 Å². The van der Waals surface area contributed by atoms with Crippen LogP contribution in [0.4, 0.5) is 37.5 Å². The van der Waals surface area contributed by atoms with Crippen LogP contribution in [-0.2, 0) is 0 Å². The fourth-order valence-electron chi connectivity index (χ4n) is 2.28. The molecular weight excluding hydrogens is 360 g/mol. The number of nitrogens with zero attached hydrogens (tertiary/aromatic N) is 3. The van der Waals surface area contributed by atoms with E-state index in [2.05, 4.69) is 20.6 Å². The van der Waals surface area contributed by atoms with Crippen LogP contribution in [-0.4, -0.2) is 22.0 Å². The number of ether oxygens (including phenoxy) is 1. The first-order valence-corrected chi connectivity index (χ1v) is 7.60. The van der Waals surface area contributed by atoms with Crippen LogP contribution in [0, 0.1) is 21.7 Å². The van der Waals surface area contributed by atoms with Crippen LogP contribution in [0.25, 0.3) is 0 Å². The molecule has 8 nitrogen and oxygen atoms in total. The number of aromatic nitrogens is 2. The molecule has 27 heavy (non-hydrogen) atoms. The Morgan fingerprint density at radius 1 is 1.00 bits per heavy atom. The van der Waals surface area contributed by atoms with Gasteiger partial charge in [-0.25, -0.2) is 18.7 Å². The van der Waals surface area contributed by atoms with Crippen molar-refractivity contribution in [1.82, 2.24) is 9.97 Å². The SMILES string of the molecule is COc1cccc(Nc2ncnc(Nc3ccc(F)c(F)c3)c2[N+](=O)[O-])c1. The van der Waals surface area contributed by atoms with Crippen LogP contribution in [0.5, 0.6) is 5.75 Å². The van der Waals surface area contributed by atoms with Crippen molar-refractivity contribution in [3.8, 4) is 5.75 Å². The largest absolute Gasteiger partial charge is 0.497 e. The van der Waals surface area contributed by atoms with Crippen molar-refractivity contribution in [3.63, 3.8) is 0 Å². The van der Waals surface area contributed by atoms with Crippen molar-refractivity contribution in [2.45, 2.75) is 0 Å². The highest BCUT2D eigenvalue weighted by Gasteiger charge is 2.23. The van der Waals surface area contributed by atoms with E-state index in [-0.39, 0.29) is 17.3 Å². The molecule has 0 aliphatic heterocycles. The van der Waals surface area contributed by atoms with Crippen LogP contribution < -0.4 is 15.4 Å². The van der Waals surface area contributed by atoms with Crippen LogP contribution in [0.3, 0.4) is 0 Å². The lowest BCUT2D eigenvalue weighted by molar-refractivity contribution is -0.383. The highest BCUT2D eigenvalue weighted by Crippen LogP contribution is 2.33. The van der Waals surface area contributed by atoms with Gasteiger partial charge >= 0.3 is 5.69 Å². The van der Waals surface area contributed by atoms with E-state index in [1.807, 2.05) is 0 Å². The average molecular weight is 373 g/mol. The standard InChI is InChI=1S/C17H13F2N5O3/c1-27-12-4-2-3-10(7-12)22-16-15(24(25)26)17(21-9-20-16)23-11-5-6-13(18)14(19)8-11/h2-9H,1H3,(H2,20,21,22,23). The first-order valence-electron chi connectivity index (χ1n) is 7.60. The fourth-order valence-corrected chi connectivity index (χ4v) is 2.28. The van der Waals surface area contributed by atoms with Crippen LogP contribution in [0.15, 0.2) is 48.8 Å².